The average Bonchev–Trinajstić information content (AvgIpc) is 3.06. The van der Waals surface area contributed by atoms with Gasteiger partial charge in [0.05, 0.1) is 18.6 Å². The maximum Gasteiger partial charge on any atom is 0.151 e. The number of ether oxygens (including phenoxy) is 2. The average molecular weight is 420 g/mol. The van der Waals surface area contributed by atoms with Gasteiger partial charge in [-0.3, -0.25) is 4.90 Å². The first kappa shape index (κ1) is 21.6. The van der Waals surface area contributed by atoms with Gasteiger partial charge in [0.2, 0.25) is 0 Å². The van der Waals surface area contributed by atoms with Crippen LogP contribution in [0.15, 0.2) is 48.5 Å². The molecule has 1 aliphatic rings. The van der Waals surface area contributed by atoms with Crippen LogP contribution in [0.5, 0.6) is 11.5 Å². The lowest BCUT2D eigenvalue weighted by Crippen LogP contribution is -2.42. The molecule has 0 aromatic heterocycles. The monoisotopic (exact) mass is 419 g/mol. The second-order valence-corrected chi connectivity index (χ2v) is 9.84. The molecule has 1 aliphatic heterocycles. The highest BCUT2D eigenvalue weighted by Gasteiger charge is 2.33. The highest BCUT2D eigenvalue weighted by atomic mass is 32.2. The maximum atomic E-state index is 12.0. The molecule has 7 heteroatoms. The number of aryl methyl sites for hydroxylation is 1. The van der Waals surface area contributed by atoms with E-state index in [2.05, 4.69) is 4.90 Å². The van der Waals surface area contributed by atoms with Gasteiger partial charge in [0.1, 0.15) is 24.2 Å². The molecule has 0 spiro atoms. The molecule has 0 bridgehead atoms. The van der Waals surface area contributed by atoms with Crippen LogP contribution in [0.25, 0.3) is 0 Å². The third-order valence-electron chi connectivity index (χ3n) is 5.15. The molecule has 1 fully saturated rings. The standard InChI is InChI=1S/C22H29NO5S/c1-17-4-3-5-22(12-17)28-15-20(24)14-23(19-10-11-29(25,26)16-19)13-18-6-8-21(27-2)9-7-18/h3-9,12,19-20,24H,10-11,13-16H2,1-2H3. The molecule has 0 amide bonds. The van der Waals surface area contributed by atoms with Crippen molar-refractivity contribution in [2.75, 3.05) is 31.8 Å². The molecule has 0 saturated carbocycles. The molecule has 1 heterocycles. The van der Waals surface area contributed by atoms with E-state index in [1.165, 1.54) is 0 Å². The summed E-state index contributed by atoms with van der Waals surface area (Å²) in [5, 5.41) is 10.6. The van der Waals surface area contributed by atoms with E-state index in [0.29, 0.717) is 25.3 Å². The first-order valence-electron chi connectivity index (χ1n) is 9.79. The van der Waals surface area contributed by atoms with Gasteiger partial charge in [0.25, 0.3) is 0 Å². The van der Waals surface area contributed by atoms with Crippen molar-refractivity contribution in [1.29, 1.82) is 0 Å². The van der Waals surface area contributed by atoms with E-state index in [1.807, 2.05) is 55.5 Å². The summed E-state index contributed by atoms with van der Waals surface area (Å²) in [6.07, 6.45) is -0.138. The lowest BCUT2D eigenvalue weighted by Gasteiger charge is -2.30. The van der Waals surface area contributed by atoms with E-state index in [9.17, 15) is 13.5 Å². The van der Waals surface area contributed by atoms with Gasteiger partial charge in [-0.1, -0.05) is 24.3 Å². The van der Waals surface area contributed by atoms with Crippen LogP contribution in [-0.2, 0) is 16.4 Å². The predicted molar refractivity (Wildman–Crippen MR) is 113 cm³/mol. The molecule has 0 radical (unpaired) electrons. The molecule has 1 N–H and O–H groups in total. The van der Waals surface area contributed by atoms with Crippen LogP contribution in [0, 0.1) is 6.92 Å². The van der Waals surface area contributed by atoms with Crippen molar-refractivity contribution in [1.82, 2.24) is 4.90 Å². The van der Waals surface area contributed by atoms with Gasteiger partial charge in [-0.15, -0.1) is 0 Å². The molecular formula is C22H29NO5S. The van der Waals surface area contributed by atoms with Crippen LogP contribution in [0.2, 0.25) is 0 Å². The number of aliphatic hydroxyl groups is 1. The summed E-state index contributed by atoms with van der Waals surface area (Å²) in [7, 11) is -1.39. The van der Waals surface area contributed by atoms with Gasteiger partial charge >= 0.3 is 0 Å². The zero-order chi connectivity index (χ0) is 20.9. The lowest BCUT2D eigenvalue weighted by molar-refractivity contribution is 0.0524. The number of hydrogen-bond donors (Lipinski definition) is 1. The zero-order valence-electron chi connectivity index (χ0n) is 17.0. The van der Waals surface area contributed by atoms with Gasteiger partial charge < -0.3 is 14.6 Å². The Hall–Kier alpha value is -2.09. The maximum absolute atomic E-state index is 12.0. The molecule has 2 unspecified atom stereocenters. The van der Waals surface area contributed by atoms with E-state index in [0.717, 1.165) is 16.9 Å². The van der Waals surface area contributed by atoms with Crippen molar-refractivity contribution in [3.63, 3.8) is 0 Å². The Morgan fingerprint density at radius 3 is 2.55 bits per heavy atom. The number of rotatable bonds is 9. The Labute approximate surface area is 173 Å². The van der Waals surface area contributed by atoms with Crippen LogP contribution in [0.3, 0.4) is 0 Å². The van der Waals surface area contributed by atoms with Gasteiger partial charge in [-0.25, -0.2) is 8.42 Å². The zero-order valence-corrected chi connectivity index (χ0v) is 17.8. The Morgan fingerprint density at radius 1 is 1.17 bits per heavy atom. The number of benzene rings is 2. The van der Waals surface area contributed by atoms with Crippen LogP contribution in [0.1, 0.15) is 17.5 Å². The minimum atomic E-state index is -3.01. The van der Waals surface area contributed by atoms with Crippen molar-refractivity contribution >= 4 is 9.84 Å². The quantitative estimate of drug-likeness (QED) is 0.673. The number of methoxy groups -OCH3 is 1. The van der Waals surface area contributed by atoms with Crippen LogP contribution in [-0.4, -0.2) is 62.3 Å². The predicted octanol–water partition coefficient (Wildman–Crippen LogP) is 2.43. The van der Waals surface area contributed by atoms with Gasteiger partial charge in [0.15, 0.2) is 9.84 Å². The fourth-order valence-electron chi connectivity index (χ4n) is 3.59. The van der Waals surface area contributed by atoms with Crippen molar-refractivity contribution in [3.8, 4) is 11.5 Å². The molecule has 3 rings (SSSR count). The SMILES string of the molecule is COc1ccc(CN(CC(O)COc2cccc(C)c2)C2CCS(=O)(=O)C2)cc1. The highest BCUT2D eigenvalue weighted by Crippen LogP contribution is 2.22. The van der Waals surface area contributed by atoms with E-state index in [-0.39, 0.29) is 24.2 Å². The molecule has 2 aromatic rings. The summed E-state index contributed by atoms with van der Waals surface area (Å²) < 4.78 is 34.9. The Kier molecular flexibility index (Phi) is 7.16. The summed E-state index contributed by atoms with van der Waals surface area (Å²) in [5.74, 6) is 1.82. The Balaban J connectivity index is 1.65. The molecule has 1 saturated heterocycles. The van der Waals surface area contributed by atoms with Crippen LogP contribution < -0.4 is 9.47 Å². The number of aliphatic hydroxyl groups excluding tert-OH is 1. The fraction of sp³-hybridized carbons (Fsp3) is 0.455. The normalized spacial score (nSPS) is 19.2. The summed E-state index contributed by atoms with van der Waals surface area (Å²) in [6, 6.07) is 15.3. The molecule has 6 nitrogen and oxygen atoms in total. The third kappa shape index (κ3) is 6.45. The summed E-state index contributed by atoms with van der Waals surface area (Å²) in [5.41, 5.74) is 2.14. The Morgan fingerprint density at radius 2 is 1.93 bits per heavy atom. The molecule has 2 atom stereocenters. The highest BCUT2D eigenvalue weighted by molar-refractivity contribution is 7.91. The molecular weight excluding hydrogens is 390 g/mol. The van der Waals surface area contributed by atoms with Gasteiger partial charge in [-0.05, 0) is 48.7 Å². The van der Waals surface area contributed by atoms with E-state index < -0.39 is 15.9 Å². The lowest BCUT2D eigenvalue weighted by atomic mass is 10.1. The van der Waals surface area contributed by atoms with Gasteiger partial charge in [-0.2, -0.15) is 0 Å². The van der Waals surface area contributed by atoms with E-state index in [1.54, 1.807) is 7.11 Å². The van der Waals surface area contributed by atoms with E-state index >= 15 is 0 Å². The summed E-state index contributed by atoms with van der Waals surface area (Å²) in [4.78, 5) is 2.05. The third-order valence-corrected chi connectivity index (χ3v) is 6.90. The van der Waals surface area contributed by atoms with Crippen LogP contribution in [0.4, 0.5) is 0 Å². The second-order valence-electron chi connectivity index (χ2n) is 7.62. The van der Waals surface area contributed by atoms with Gasteiger partial charge in [0, 0.05) is 19.1 Å². The minimum absolute atomic E-state index is 0.101. The van der Waals surface area contributed by atoms with Crippen LogP contribution >= 0.6 is 0 Å². The largest absolute Gasteiger partial charge is 0.497 e. The van der Waals surface area contributed by atoms with Crippen molar-refractivity contribution in [2.45, 2.75) is 32.0 Å². The van der Waals surface area contributed by atoms with E-state index in [4.69, 9.17) is 9.47 Å². The van der Waals surface area contributed by atoms with Crippen molar-refractivity contribution < 1.29 is 23.0 Å². The topological polar surface area (TPSA) is 76.1 Å². The first-order valence-corrected chi connectivity index (χ1v) is 11.6. The Bertz CT molecular complexity index is 898. The van der Waals surface area contributed by atoms with Crippen molar-refractivity contribution in [3.05, 3.63) is 59.7 Å². The molecule has 29 heavy (non-hydrogen) atoms. The second kappa shape index (κ2) is 9.61. The smallest absolute Gasteiger partial charge is 0.151 e. The number of hydrogen-bond acceptors (Lipinski definition) is 6. The first-order chi connectivity index (χ1) is 13.8. The molecule has 158 valence electrons. The number of nitrogens with zero attached hydrogens (tertiary/aromatic N) is 1. The minimum Gasteiger partial charge on any atom is -0.497 e. The molecule has 2 aromatic carbocycles. The fourth-order valence-corrected chi connectivity index (χ4v) is 5.35. The number of sulfone groups is 1. The van der Waals surface area contributed by atoms with Crippen molar-refractivity contribution in [2.24, 2.45) is 0 Å². The summed E-state index contributed by atoms with van der Waals surface area (Å²) >= 11 is 0. The summed E-state index contributed by atoms with van der Waals surface area (Å²) in [6.45, 7) is 3.05. The molecule has 0 aliphatic carbocycles.